The molecule has 1 N–H and O–H groups in total. The number of carboxylic acid groups (broad SMARTS) is 1. The second-order valence-corrected chi connectivity index (χ2v) is 5.70. The Balaban J connectivity index is 1.67. The molecule has 132 valence electrons. The monoisotopic (exact) mass is 370 g/mol. The van der Waals surface area contributed by atoms with Crippen LogP contribution in [-0.2, 0) is 4.79 Å². The summed E-state index contributed by atoms with van der Waals surface area (Å²) in [5.74, 6) is -0.636. The first kappa shape index (κ1) is 17.7. The van der Waals surface area contributed by atoms with Crippen LogP contribution in [0.4, 0.5) is 0 Å². The van der Waals surface area contributed by atoms with Crippen molar-refractivity contribution in [2.45, 2.75) is 6.42 Å². The normalized spacial score (nSPS) is 11.3. The number of nitrogens with zero attached hydrogens (tertiary/aromatic N) is 2. The van der Waals surface area contributed by atoms with Gasteiger partial charge in [0, 0.05) is 11.4 Å². The Morgan fingerprint density at radius 1 is 1.15 bits per heavy atom. The third-order valence-electron chi connectivity index (χ3n) is 3.37. The molecule has 7 heteroatoms. The Kier molecular flexibility index (Phi) is 5.66. The number of fused-ring (bicyclic) bond motifs is 1. The van der Waals surface area contributed by atoms with Crippen LogP contribution in [0.25, 0.3) is 11.0 Å². The van der Waals surface area contributed by atoms with E-state index in [0.29, 0.717) is 29.1 Å². The fourth-order valence-corrected chi connectivity index (χ4v) is 2.35. The maximum atomic E-state index is 11.4. The van der Waals surface area contributed by atoms with Gasteiger partial charge in [0.15, 0.2) is 0 Å². The van der Waals surface area contributed by atoms with Crippen molar-refractivity contribution >= 4 is 28.6 Å². The van der Waals surface area contributed by atoms with Gasteiger partial charge in [-0.1, -0.05) is 29.8 Å². The van der Waals surface area contributed by atoms with Gasteiger partial charge in [-0.15, -0.1) is 0 Å². The van der Waals surface area contributed by atoms with E-state index in [1.165, 1.54) is 12.3 Å². The summed E-state index contributed by atoms with van der Waals surface area (Å²) < 4.78 is 10.9. The molecule has 3 aromatic rings. The lowest BCUT2D eigenvalue weighted by atomic mass is 10.3. The first-order valence-corrected chi connectivity index (χ1v) is 8.21. The smallest absolute Gasteiger partial charge is 0.371 e. The number of hydrogen-bond donors (Lipinski definition) is 1. The molecule has 0 atom stereocenters. The summed E-state index contributed by atoms with van der Waals surface area (Å²) in [6.45, 7) is 0.323. The number of carbonyl (C=O) groups is 1. The Labute approximate surface area is 154 Å². The van der Waals surface area contributed by atoms with Crippen molar-refractivity contribution in [3.63, 3.8) is 0 Å². The van der Waals surface area contributed by atoms with Crippen molar-refractivity contribution in [1.29, 1.82) is 0 Å². The molecule has 0 radical (unpaired) electrons. The van der Waals surface area contributed by atoms with Crippen LogP contribution >= 0.6 is 11.6 Å². The van der Waals surface area contributed by atoms with Gasteiger partial charge < -0.3 is 14.6 Å². The van der Waals surface area contributed by atoms with Crippen molar-refractivity contribution in [3.8, 4) is 11.6 Å². The minimum atomic E-state index is -1.20. The minimum Gasteiger partial charge on any atom is -0.493 e. The van der Waals surface area contributed by atoms with E-state index in [4.69, 9.17) is 21.1 Å². The lowest BCUT2D eigenvalue weighted by molar-refractivity contribution is -0.135. The molecule has 0 unspecified atom stereocenters. The molecule has 0 saturated heterocycles. The molecule has 26 heavy (non-hydrogen) atoms. The van der Waals surface area contributed by atoms with E-state index >= 15 is 0 Å². The number of benzene rings is 2. The molecule has 3 rings (SSSR count). The first-order valence-electron chi connectivity index (χ1n) is 7.83. The van der Waals surface area contributed by atoms with E-state index in [0.717, 1.165) is 5.75 Å². The van der Waals surface area contributed by atoms with Crippen molar-refractivity contribution < 1.29 is 19.4 Å². The third-order valence-corrected chi connectivity index (χ3v) is 3.60. The highest BCUT2D eigenvalue weighted by molar-refractivity contribution is 6.31. The predicted octanol–water partition coefficient (Wildman–Crippen LogP) is 4.10. The van der Waals surface area contributed by atoms with E-state index in [1.807, 2.05) is 30.3 Å². The van der Waals surface area contributed by atoms with Crippen LogP contribution in [0.3, 0.4) is 0 Å². The molecule has 0 aliphatic carbocycles. The number of aromatic nitrogens is 2. The van der Waals surface area contributed by atoms with Crippen molar-refractivity contribution in [1.82, 2.24) is 9.97 Å². The molecular weight excluding hydrogens is 356 g/mol. The van der Waals surface area contributed by atoms with Gasteiger partial charge in [-0.3, -0.25) is 0 Å². The van der Waals surface area contributed by atoms with Crippen LogP contribution in [0.5, 0.6) is 11.6 Å². The number of halogens is 1. The molecular formula is C19H15ClN2O4. The Hall–Kier alpha value is -3.12. The Bertz CT molecular complexity index is 945. The van der Waals surface area contributed by atoms with Gasteiger partial charge in [0.05, 0.1) is 23.8 Å². The zero-order chi connectivity index (χ0) is 18.4. The van der Waals surface area contributed by atoms with Crippen LogP contribution in [0, 0.1) is 0 Å². The number of hydrogen-bond acceptors (Lipinski definition) is 5. The van der Waals surface area contributed by atoms with Crippen LogP contribution in [0.1, 0.15) is 6.42 Å². The Morgan fingerprint density at radius 2 is 1.96 bits per heavy atom. The molecule has 6 nitrogen and oxygen atoms in total. The van der Waals surface area contributed by atoms with Crippen molar-refractivity contribution in [2.24, 2.45) is 0 Å². The van der Waals surface area contributed by atoms with Gasteiger partial charge in [-0.05, 0) is 36.4 Å². The fourth-order valence-electron chi connectivity index (χ4n) is 2.19. The molecule has 0 saturated carbocycles. The number of carboxylic acids is 1. The SMILES string of the molecule is O=C(O)C(=CCCOc1ccccc1)Oc1cnc2ccc(Cl)cc2n1. The summed E-state index contributed by atoms with van der Waals surface area (Å²) in [5.41, 5.74) is 1.16. The number of aliphatic carboxylic acids is 1. The van der Waals surface area contributed by atoms with E-state index < -0.39 is 5.97 Å². The molecule has 1 heterocycles. The van der Waals surface area contributed by atoms with Gasteiger partial charge in [0.2, 0.25) is 11.6 Å². The van der Waals surface area contributed by atoms with E-state index in [2.05, 4.69) is 9.97 Å². The van der Waals surface area contributed by atoms with E-state index in [-0.39, 0.29) is 11.6 Å². The van der Waals surface area contributed by atoms with Gasteiger partial charge in [0.1, 0.15) is 5.75 Å². The van der Waals surface area contributed by atoms with Gasteiger partial charge >= 0.3 is 5.97 Å². The Morgan fingerprint density at radius 3 is 2.73 bits per heavy atom. The first-order chi connectivity index (χ1) is 12.6. The number of rotatable bonds is 7. The molecule has 1 aromatic heterocycles. The summed E-state index contributed by atoms with van der Waals surface area (Å²) in [6.07, 6.45) is 3.17. The highest BCUT2D eigenvalue weighted by atomic mass is 35.5. The molecule has 0 aliphatic heterocycles. The highest BCUT2D eigenvalue weighted by Crippen LogP contribution is 2.19. The topological polar surface area (TPSA) is 81.5 Å². The molecule has 2 aromatic carbocycles. The summed E-state index contributed by atoms with van der Waals surface area (Å²) in [4.78, 5) is 19.8. The highest BCUT2D eigenvalue weighted by Gasteiger charge is 2.12. The van der Waals surface area contributed by atoms with Gasteiger partial charge in [0.25, 0.3) is 0 Å². The second-order valence-electron chi connectivity index (χ2n) is 5.27. The maximum absolute atomic E-state index is 11.4. The average molecular weight is 371 g/mol. The third kappa shape index (κ3) is 4.70. The summed E-state index contributed by atoms with van der Waals surface area (Å²) in [7, 11) is 0. The van der Waals surface area contributed by atoms with Crippen LogP contribution in [-0.4, -0.2) is 27.7 Å². The number of ether oxygens (including phenoxy) is 2. The van der Waals surface area contributed by atoms with Crippen molar-refractivity contribution in [2.75, 3.05) is 6.61 Å². The van der Waals surface area contributed by atoms with Gasteiger partial charge in [-0.25, -0.2) is 14.8 Å². The summed E-state index contributed by atoms with van der Waals surface area (Å²) >= 11 is 5.93. The van der Waals surface area contributed by atoms with E-state index in [1.54, 1.807) is 18.2 Å². The number of para-hydroxylation sites is 1. The standard InChI is InChI=1S/C19H15ClN2O4/c20-13-8-9-15-16(11-13)22-18(12-21-15)26-17(19(23)24)7-4-10-25-14-5-2-1-3-6-14/h1-3,5-9,11-12H,4,10H2,(H,23,24). The molecule has 0 aliphatic rings. The summed E-state index contributed by atoms with van der Waals surface area (Å²) in [5, 5.41) is 9.82. The van der Waals surface area contributed by atoms with Crippen LogP contribution in [0.15, 0.2) is 66.6 Å². The molecule has 0 spiro atoms. The zero-order valence-electron chi connectivity index (χ0n) is 13.6. The maximum Gasteiger partial charge on any atom is 0.371 e. The van der Waals surface area contributed by atoms with Crippen LogP contribution in [0.2, 0.25) is 5.02 Å². The lowest BCUT2D eigenvalue weighted by Crippen LogP contribution is -2.09. The molecule has 0 fully saturated rings. The second kappa shape index (κ2) is 8.31. The quantitative estimate of drug-likeness (QED) is 0.383. The average Bonchev–Trinajstić information content (AvgIpc) is 2.64. The summed E-state index contributed by atoms with van der Waals surface area (Å²) in [6, 6.07) is 14.3. The minimum absolute atomic E-state index is 0.0809. The predicted molar refractivity (Wildman–Crippen MR) is 97.4 cm³/mol. The van der Waals surface area contributed by atoms with Crippen LogP contribution < -0.4 is 9.47 Å². The lowest BCUT2D eigenvalue weighted by Gasteiger charge is -2.07. The van der Waals surface area contributed by atoms with Crippen molar-refractivity contribution in [3.05, 3.63) is 71.6 Å². The van der Waals surface area contributed by atoms with Gasteiger partial charge in [-0.2, -0.15) is 0 Å². The zero-order valence-corrected chi connectivity index (χ0v) is 14.4. The fraction of sp³-hybridized carbons (Fsp3) is 0.105. The largest absolute Gasteiger partial charge is 0.493 e. The van der Waals surface area contributed by atoms with E-state index in [9.17, 15) is 9.90 Å². The molecule has 0 amide bonds. The molecule has 0 bridgehead atoms.